The van der Waals surface area contributed by atoms with Gasteiger partial charge >= 0.3 is 0 Å². The van der Waals surface area contributed by atoms with Gasteiger partial charge in [0.2, 0.25) is 10.0 Å². The van der Waals surface area contributed by atoms with Gasteiger partial charge in [-0.15, -0.1) is 0 Å². The smallest absolute Gasteiger partial charge is 0.270 e. The lowest BCUT2D eigenvalue weighted by Crippen LogP contribution is -2.49. The minimum Gasteiger partial charge on any atom is -0.356 e. The number of amides is 1. The van der Waals surface area contributed by atoms with E-state index in [9.17, 15) is 18.0 Å². The fourth-order valence-electron chi connectivity index (χ4n) is 4.02. The molecule has 0 radical (unpaired) electrons. The van der Waals surface area contributed by atoms with E-state index in [1.165, 1.54) is 9.71 Å². The molecule has 170 valence electrons. The van der Waals surface area contributed by atoms with E-state index < -0.39 is 10.0 Å². The van der Waals surface area contributed by atoms with Gasteiger partial charge in [0.1, 0.15) is 5.69 Å². The fraction of sp³-hybridized carbons (Fsp3) is 0.391. The Morgan fingerprint density at radius 2 is 1.66 bits per heavy atom. The number of carbonyl (C=O) groups is 2. The number of ketones is 1. The van der Waals surface area contributed by atoms with Crippen molar-refractivity contribution in [1.29, 1.82) is 0 Å². The van der Waals surface area contributed by atoms with Crippen molar-refractivity contribution in [2.24, 2.45) is 0 Å². The van der Waals surface area contributed by atoms with Crippen molar-refractivity contribution < 1.29 is 18.0 Å². The lowest BCUT2D eigenvalue weighted by Gasteiger charge is -2.32. The lowest BCUT2D eigenvalue weighted by atomic mass is 10.2. The Hall–Kier alpha value is -2.75. The molecule has 9 heteroatoms. The molecule has 3 heterocycles. The minimum atomic E-state index is -3.51. The summed E-state index contributed by atoms with van der Waals surface area (Å²) in [4.78, 5) is 31.8. The molecule has 2 aliphatic rings. The highest BCUT2D eigenvalue weighted by atomic mass is 32.2. The second-order valence-corrected chi connectivity index (χ2v) is 9.98. The molecule has 2 saturated heterocycles. The van der Waals surface area contributed by atoms with Crippen LogP contribution in [0.4, 0.5) is 0 Å². The first-order valence-corrected chi connectivity index (χ1v) is 12.4. The van der Waals surface area contributed by atoms with E-state index in [1.54, 1.807) is 23.2 Å². The van der Waals surface area contributed by atoms with Crippen LogP contribution < -0.4 is 0 Å². The summed E-state index contributed by atoms with van der Waals surface area (Å²) >= 11 is 0. The van der Waals surface area contributed by atoms with Gasteiger partial charge in [0.05, 0.1) is 6.54 Å². The third kappa shape index (κ3) is 5.35. The largest absolute Gasteiger partial charge is 0.356 e. The molecular weight excluding hydrogens is 428 g/mol. The Kier molecular flexibility index (Phi) is 6.88. The van der Waals surface area contributed by atoms with E-state index in [1.807, 2.05) is 35.2 Å². The number of nitrogens with zero attached hydrogens (tertiary/aromatic N) is 3. The van der Waals surface area contributed by atoms with Gasteiger partial charge < -0.3 is 9.88 Å². The molecule has 0 aliphatic carbocycles. The van der Waals surface area contributed by atoms with Crippen molar-refractivity contribution in [1.82, 2.24) is 19.1 Å². The summed E-state index contributed by atoms with van der Waals surface area (Å²) in [5.74, 6) is -0.147. The Balaban J connectivity index is 1.29. The monoisotopic (exact) mass is 456 g/mol. The van der Waals surface area contributed by atoms with Gasteiger partial charge in [0, 0.05) is 56.4 Å². The first kappa shape index (κ1) is 22.4. The van der Waals surface area contributed by atoms with Gasteiger partial charge in [0.15, 0.2) is 5.78 Å². The molecule has 1 aromatic carbocycles. The number of carbonyl (C=O) groups excluding carboxylic acids is 2. The molecule has 1 N–H and O–H groups in total. The first-order chi connectivity index (χ1) is 15.4. The molecule has 0 bridgehead atoms. The molecule has 0 atom stereocenters. The quantitative estimate of drug-likeness (QED) is 0.644. The molecule has 0 unspecified atom stereocenters. The number of likely N-dealkylation sites (tertiary alicyclic amines) is 1. The number of aromatic amines is 1. The SMILES string of the molecule is O=C(CN1CCN(S(=O)(=O)C=Cc2ccccc2)CC1)c1c[nH]c(C(=O)N2CCCC2)c1. The van der Waals surface area contributed by atoms with Crippen LogP contribution in [0.5, 0.6) is 0 Å². The zero-order chi connectivity index (χ0) is 22.6. The predicted octanol–water partition coefficient (Wildman–Crippen LogP) is 2.05. The van der Waals surface area contributed by atoms with Crippen LogP contribution >= 0.6 is 0 Å². The molecule has 8 nitrogen and oxygen atoms in total. The Bertz CT molecular complexity index is 1080. The van der Waals surface area contributed by atoms with Crippen LogP contribution in [0.3, 0.4) is 0 Å². The summed E-state index contributed by atoms with van der Waals surface area (Å²) in [6.45, 7) is 3.34. The van der Waals surface area contributed by atoms with E-state index in [2.05, 4.69) is 4.98 Å². The highest BCUT2D eigenvalue weighted by Crippen LogP contribution is 2.15. The van der Waals surface area contributed by atoms with Crippen LogP contribution in [-0.4, -0.2) is 85.0 Å². The molecule has 2 fully saturated rings. The molecule has 4 rings (SSSR count). The lowest BCUT2D eigenvalue weighted by molar-refractivity contribution is 0.0787. The number of H-pyrrole nitrogens is 1. The van der Waals surface area contributed by atoms with Crippen molar-refractivity contribution in [2.45, 2.75) is 12.8 Å². The number of benzene rings is 1. The summed E-state index contributed by atoms with van der Waals surface area (Å²) in [6.07, 6.45) is 5.21. The summed E-state index contributed by atoms with van der Waals surface area (Å²) in [5, 5.41) is 1.24. The Morgan fingerprint density at radius 1 is 0.969 bits per heavy atom. The number of piperazine rings is 1. The Morgan fingerprint density at radius 3 is 2.34 bits per heavy atom. The van der Waals surface area contributed by atoms with E-state index in [-0.39, 0.29) is 18.2 Å². The highest BCUT2D eigenvalue weighted by Gasteiger charge is 2.27. The van der Waals surface area contributed by atoms with Gasteiger partial charge in [-0.05, 0) is 30.5 Å². The number of rotatable bonds is 7. The summed E-state index contributed by atoms with van der Waals surface area (Å²) in [5.41, 5.74) is 1.75. The van der Waals surface area contributed by atoms with Gasteiger partial charge in [-0.1, -0.05) is 30.3 Å². The van der Waals surface area contributed by atoms with E-state index in [4.69, 9.17) is 0 Å². The fourth-order valence-corrected chi connectivity index (χ4v) is 5.19. The average Bonchev–Trinajstić information content (AvgIpc) is 3.51. The second kappa shape index (κ2) is 9.81. The van der Waals surface area contributed by atoms with Crippen LogP contribution in [0.25, 0.3) is 6.08 Å². The maximum absolute atomic E-state index is 12.7. The molecule has 0 spiro atoms. The van der Waals surface area contributed by atoms with Gasteiger partial charge in [-0.25, -0.2) is 8.42 Å². The van der Waals surface area contributed by atoms with Crippen LogP contribution in [-0.2, 0) is 10.0 Å². The minimum absolute atomic E-state index is 0.0658. The molecule has 1 aromatic heterocycles. The topological polar surface area (TPSA) is 93.8 Å². The van der Waals surface area contributed by atoms with Crippen molar-refractivity contribution in [2.75, 3.05) is 45.8 Å². The maximum Gasteiger partial charge on any atom is 0.270 e. The zero-order valence-corrected chi connectivity index (χ0v) is 18.8. The van der Waals surface area contributed by atoms with E-state index in [0.29, 0.717) is 37.4 Å². The summed E-state index contributed by atoms with van der Waals surface area (Å²) < 4.78 is 26.6. The molecule has 1 amide bonds. The number of aromatic nitrogens is 1. The number of nitrogens with one attached hydrogen (secondary N) is 1. The molecule has 2 aliphatic heterocycles. The van der Waals surface area contributed by atoms with Crippen molar-refractivity contribution in [3.63, 3.8) is 0 Å². The van der Waals surface area contributed by atoms with Crippen molar-refractivity contribution in [3.8, 4) is 0 Å². The number of sulfonamides is 1. The average molecular weight is 457 g/mol. The first-order valence-electron chi connectivity index (χ1n) is 10.9. The van der Waals surface area contributed by atoms with E-state index >= 15 is 0 Å². The van der Waals surface area contributed by atoms with Crippen LogP contribution in [0.1, 0.15) is 39.3 Å². The van der Waals surface area contributed by atoms with Crippen LogP contribution in [0, 0.1) is 0 Å². The normalized spacial score (nSPS) is 18.4. The molecule has 2 aromatic rings. The predicted molar refractivity (Wildman–Crippen MR) is 123 cm³/mol. The second-order valence-electron chi connectivity index (χ2n) is 8.16. The highest BCUT2D eigenvalue weighted by molar-refractivity contribution is 7.92. The standard InChI is InChI=1S/C23H28N4O4S/c28-22(20-16-21(24-17-20)23(29)26-9-4-5-10-26)18-25-11-13-27(14-12-25)32(30,31)15-8-19-6-2-1-3-7-19/h1-3,6-8,15-17,24H,4-5,9-14,18H2. The third-order valence-corrected chi connectivity index (χ3v) is 7.48. The number of Topliss-reactive ketones (excluding diaryl/α,β-unsaturated/α-hetero) is 1. The van der Waals surface area contributed by atoms with Crippen LogP contribution in [0.15, 0.2) is 48.0 Å². The molecular formula is C23H28N4O4S. The van der Waals surface area contributed by atoms with Crippen LogP contribution in [0.2, 0.25) is 0 Å². The van der Waals surface area contributed by atoms with Gasteiger partial charge in [-0.2, -0.15) is 4.31 Å². The Labute approximate surface area is 188 Å². The maximum atomic E-state index is 12.7. The third-order valence-electron chi connectivity index (χ3n) is 5.92. The van der Waals surface area contributed by atoms with Crippen molar-refractivity contribution >= 4 is 27.8 Å². The van der Waals surface area contributed by atoms with Crippen molar-refractivity contribution in [3.05, 3.63) is 64.8 Å². The molecule has 32 heavy (non-hydrogen) atoms. The van der Waals surface area contributed by atoms with E-state index in [0.717, 1.165) is 31.5 Å². The molecule has 0 saturated carbocycles. The number of hydrogen-bond acceptors (Lipinski definition) is 5. The summed E-state index contributed by atoms with van der Waals surface area (Å²) in [7, 11) is -3.51. The van der Waals surface area contributed by atoms with Gasteiger partial charge in [-0.3, -0.25) is 14.5 Å². The number of hydrogen-bond donors (Lipinski definition) is 1. The van der Waals surface area contributed by atoms with Gasteiger partial charge in [0.25, 0.3) is 5.91 Å². The zero-order valence-electron chi connectivity index (χ0n) is 17.9. The summed E-state index contributed by atoms with van der Waals surface area (Å²) in [6, 6.07) is 10.9.